The Labute approximate surface area is 245 Å². The van der Waals surface area contributed by atoms with Gasteiger partial charge in [0.1, 0.15) is 11.6 Å². The molecular formula is C31H40FN5O5. The second-order valence-corrected chi connectivity index (χ2v) is 12.7. The Morgan fingerprint density at radius 3 is 2.38 bits per heavy atom. The van der Waals surface area contributed by atoms with Gasteiger partial charge in [-0.05, 0) is 70.1 Å². The van der Waals surface area contributed by atoms with E-state index in [0.29, 0.717) is 42.2 Å². The van der Waals surface area contributed by atoms with E-state index in [1.165, 1.54) is 22.7 Å². The van der Waals surface area contributed by atoms with E-state index >= 15 is 0 Å². The van der Waals surface area contributed by atoms with Crippen LogP contribution in [0.3, 0.4) is 0 Å². The maximum Gasteiger partial charge on any atom is 0.337 e. The largest absolute Gasteiger partial charge is 0.479 e. The van der Waals surface area contributed by atoms with E-state index in [2.05, 4.69) is 34.1 Å². The highest BCUT2D eigenvalue weighted by atomic mass is 19.1. The molecule has 3 heterocycles. The predicted molar refractivity (Wildman–Crippen MR) is 156 cm³/mol. The number of hydrogen-bond acceptors (Lipinski definition) is 7. The fourth-order valence-corrected chi connectivity index (χ4v) is 5.04. The van der Waals surface area contributed by atoms with Gasteiger partial charge in [-0.25, -0.2) is 14.2 Å². The number of rotatable bonds is 10. The van der Waals surface area contributed by atoms with Crippen molar-refractivity contribution in [3.8, 4) is 0 Å². The third-order valence-corrected chi connectivity index (χ3v) is 7.46. The fraction of sp³-hybridized carbons (Fsp3) is 0.516. The third kappa shape index (κ3) is 7.50. The number of carbonyl (C=O) groups is 3. The number of Topliss-reactive ketones (excluding diaryl/α,β-unsaturated/α-hetero) is 1. The van der Waals surface area contributed by atoms with E-state index in [-0.39, 0.29) is 35.7 Å². The molecule has 226 valence electrons. The molecule has 2 N–H and O–H groups in total. The van der Waals surface area contributed by atoms with Crippen LogP contribution in [-0.4, -0.2) is 62.6 Å². The Balaban J connectivity index is 1.62. The molecule has 0 aliphatic carbocycles. The van der Waals surface area contributed by atoms with Crippen molar-refractivity contribution in [1.29, 1.82) is 0 Å². The molecule has 1 fully saturated rings. The first kappa shape index (κ1) is 31.1. The lowest BCUT2D eigenvalue weighted by Crippen LogP contribution is -2.40. The maximum atomic E-state index is 13.1. The Bertz CT molecular complexity index is 1470. The average molecular weight is 582 g/mol. The van der Waals surface area contributed by atoms with E-state index in [9.17, 15) is 23.9 Å². The Morgan fingerprint density at radius 2 is 1.79 bits per heavy atom. The monoisotopic (exact) mass is 581 g/mol. The molecule has 10 nitrogen and oxygen atoms in total. The number of ether oxygens (including phenoxy) is 1. The summed E-state index contributed by atoms with van der Waals surface area (Å²) < 4.78 is 20.7. The zero-order chi connectivity index (χ0) is 30.8. The summed E-state index contributed by atoms with van der Waals surface area (Å²) in [5.74, 6) is -1.65. The number of aliphatic carboxylic acids is 1. The number of halogens is 1. The van der Waals surface area contributed by atoms with E-state index in [1.807, 2.05) is 0 Å². The Kier molecular flexibility index (Phi) is 9.01. The number of ketones is 1. The van der Waals surface area contributed by atoms with Gasteiger partial charge in [0, 0.05) is 31.3 Å². The van der Waals surface area contributed by atoms with Gasteiger partial charge in [0.05, 0.1) is 17.7 Å². The molecule has 1 saturated heterocycles. The molecule has 4 rings (SSSR count). The third-order valence-electron chi connectivity index (χ3n) is 7.46. The van der Waals surface area contributed by atoms with E-state index in [1.54, 1.807) is 39.8 Å². The molecule has 1 atom stereocenters. The summed E-state index contributed by atoms with van der Waals surface area (Å²) in [5.41, 5.74) is 1.56. The number of hydrogen-bond donors (Lipinski definition) is 2. The molecule has 11 heteroatoms. The fourth-order valence-electron chi connectivity index (χ4n) is 5.04. The van der Waals surface area contributed by atoms with Gasteiger partial charge in [0.2, 0.25) is 0 Å². The molecular weight excluding hydrogens is 541 g/mol. The van der Waals surface area contributed by atoms with Crippen LogP contribution in [0.4, 0.5) is 10.2 Å². The van der Waals surface area contributed by atoms with Crippen LogP contribution in [0, 0.1) is 18.2 Å². The van der Waals surface area contributed by atoms with Crippen LogP contribution < -0.4 is 10.2 Å². The van der Waals surface area contributed by atoms with Crippen LogP contribution in [-0.2, 0) is 20.7 Å². The van der Waals surface area contributed by atoms with Crippen molar-refractivity contribution in [1.82, 2.24) is 19.9 Å². The number of carbonyl (C=O) groups excluding carboxylic acids is 2. The van der Waals surface area contributed by atoms with Crippen molar-refractivity contribution in [3.05, 3.63) is 58.7 Å². The van der Waals surface area contributed by atoms with Gasteiger partial charge in [0.15, 0.2) is 23.2 Å². The van der Waals surface area contributed by atoms with E-state index in [4.69, 9.17) is 4.74 Å². The summed E-state index contributed by atoms with van der Waals surface area (Å²) in [6.07, 6.45) is 1.11. The van der Waals surface area contributed by atoms with Crippen molar-refractivity contribution < 1.29 is 28.6 Å². The number of aromatic nitrogens is 3. The highest BCUT2D eigenvalue weighted by Crippen LogP contribution is 2.38. The summed E-state index contributed by atoms with van der Waals surface area (Å²) in [7, 11) is 0. The number of nitrogens with zero attached hydrogens (tertiary/aromatic N) is 4. The molecule has 1 unspecified atom stereocenters. The lowest BCUT2D eigenvalue weighted by molar-refractivity contribution is -0.160. The van der Waals surface area contributed by atoms with Crippen LogP contribution >= 0.6 is 0 Å². The van der Waals surface area contributed by atoms with Gasteiger partial charge in [-0.2, -0.15) is 9.61 Å². The van der Waals surface area contributed by atoms with Gasteiger partial charge in [-0.1, -0.05) is 26.0 Å². The number of amides is 1. The number of nitrogens with one attached hydrogen (secondary N) is 1. The predicted octanol–water partition coefficient (Wildman–Crippen LogP) is 4.68. The van der Waals surface area contributed by atoms with Gasteiger partial charge in [-0.15, -0.1) is 0 Å². The standard InChI is InChI=1S/C31H40FN5O5/c1-19-25(26(29(40)41)42-30(2,3)4)28(36-15-13-31(5,6)14-16-36)37-24(34-19)17-23(35-37)27(39)33-18-22(38)12-9-20-7-10-21(32)11-8-20/h7-8,10-11,17,26H,9,12-16,18H2,1-6H3,(H,33,39)(H,40,41). The SMILES string of the molecule is Cc1nc2cc(C(=O)NCC(=O)CCc3ccc(F)cc3)nn2c(N2CCC(C)(C)CC2)c1C(OC(C)(C)C)C(=O)O. The quantitative estimate of drug-likeness (QED) is 0.354. The maximum absolute atomic E-state index is 13.1. The minimum Gasteiger partial charge on any atom is -0.479 e. The summed E-state index contributed by atoms with van der Waals surface area (Å²) in [5, 5.41) is 17.4. The Morgan fingerprint density at radius 1 is 1.14 bits per heavy atom. The summed E-state index contributed by atoms with van der Waals surface area (Å²) in [6.45, 7) is 12.7. The number of benzene rings is 1. The van der Waals surface area contributed by atoms with Gasteiger partial charge in [-0.3, -0.25) is 9.59 Å². The minimum atomic E-state index is -1.30. The smallest absolute Gasteiger partial charge is 0.337 e. The normalized spacial score (nSPS) is 15.9. The summed E-state index contributed by atoms with van der Waals surface area (Å²) in [6, 6.07) is 7.48. The molecule has 1 aliphatic rings. The molecule has 1 aromatic carbocycles. The van der Waals surface area contributed by atoms with Gasteiger partial charge >= 0.3 is 5.97 Å². The highest BCUT2D eigenvalue weighted by molar-refractivity contribution is 5.96. The zero-order valence-electron chi connectivity index (χ0n) is 25.2. The number of aryl methyl sites for hydroxylation is 2. The first-order valence-electron chi connectivity index (χ1n) is 14.2. The topological polar surface area (TPSA) is 126 Å². The Hall–Kier alpha value is -3.86. The molecule has 2 aromatic heterocycles. The molecule has 42 heavy (non-hydrogen) atoms. The second kappa shape index (κ2) is 12.2. The van der Waals surface area contributed by atoms with Gasteiger partial charge < -0.3 is 20.1 Å². The summed E-state index contributed by atoms with van der Waals surface area (Å²) in [4.78, 5) is 44.7. The van der Waals surface area contributed by atoms with Crippen LogP contribution in [0.1, 0.15) is 87.3 Å². The average Bonchev–Trinajstić information content (AvgIpc) is 3.33. The lowest BCUT2D eigenvalue weighted by Gasteiger charge is -2.39. The van der Waals surface area contributed by atoms with Gasteiger partial charge in [0.25, 0.3) is 5.91 Å². The lowest BCUT2D eigenvalue weighted by atomic mass is 9.82. The van der Waals surface area contributed by atoms with E-state index in [0.717, 1.165) is 18.4 Å². The van der Waals surface area contributed by atoms with Crippen LogP contribution in [0.15, 0.2) is 30.3 Å². The van der Waals surface area contributed by atoms with Crippen molar-refractivity contribution in [3.63, 3.8) is 0 Å². The molecule has 0 radical (unpaired) electrons. The molecule has 1 aliphatic heterocycles. The minimum absolute atomic E-state index is 0.0626. The number of carboxylic acid groups (broad SMARTS) is 1. The number of carboxylic acids is 1. The van der Waals surface area contributed by atoms with E-state index < -0.39 is 23.6 Å². The molecule has 1 amide bonds. The zero-order valence-corrected chi connectivity index (χ0v) is 25.2. The van der Waals surface area contributed by atoms with Crippen LogP contribution in [0.5, 0.6) is 0 Å². The molecule has 0 spiro atoms. The molecule has 3 aromatic rings. The van der Waals surface area contributed by atoms with Crippen molar-refractivity contribution in [2.45, 2.75) is 78.9 Å². The first-order valence-corrected chi connectivity index (χ1v) is 14.2. The second-order valence-electron chi connectivity index (χ2n) is 12.7. The number of anilines is 1. The highest BCUT2D eigenvalue weighted by Gasteiger charge is 2.36. The summed E-state index contributed by atoms with van der Waals surface area (Å²) >= 11 is 0. The van der Waals surface area contributed by atoms with Crippen LogP contribution in [0.25, 0.3) is 5.65 Å². The molecule has 0 bridgehead atoms. The van der Waals surface area contributed by atoms with Crippen molar-refractivity contribution in [2.75, 3.05) is 24.5 Å². The van der Waals surface area contributed by atoms with Crippen LogP contribution in [0.2, 0.25) is 0 Å². The molecule has 0 saturated carbocycles. The van der Waals surface area contributed by atoms with Crippen molar-refractivity contribution >= 4 is 29.1 Å². The van der Waals surface area contributed by atoms with Crippen molar-refractivity contribution in [2.24, 2.45) is 5.41 Å². The number of piperidine rings is 1. The number of fused-ring (bicyclic) bond motifs is 1. The first-order chi connectivity index (χ1) is 19.6.